The number of nitrogens with two attached hydrogens (primary N) is 1. The highest BCUT2D eigenvalue weighted by atomic mass is 35.5. The van der Waals surface area contributed by atoms with E-state index in [0.29, 0.717) is 16.5 Å². The van der Waals surface area contributed by atoms with Crippen LogP contribution in [0.4, 0.5) is 4.79 Å². The van der Waals surface area contributed by atoms with Gasteiger partial charge in [0, 0.05) is 10.6 Å². The largest absolute Gasteiger partial charge is 0.350 e. The highest BCUT2D eigenvalue weighted by Crippen LogP contribution is 2.32. The number of fused-ring (bicyclic) bond motifs is 1. The van der Waals surface area contributed by atoms with Crippen LogP contribution in [0.3, 0.4) is 0 Å². The number of nitrogens with zero attached hydrogens (tertiary/aromatic N) is 5. The van der Waals surface area contributed by atoms with Crippen molar-refractivity contribution in [2.24, 2.45) is 5.73 Å². The fraction of sp³-hybridized carbons (Fsp3) is 0. The Morgan fingerprint density at radius 3 is 2.91 bits per heavy atom. The molecular formula is C14H9ClN6OS. The number of hydrogen-bond acceptors (Lipinski definition) is 5. The summed E-state index contributed by atoms with van der Waals surface area (Å²) in [5, 5.41) is 4.88. The van der Waals surface area contributed by atoms with Crippen molar-refractivity contribution in [1.29, 1.82) is 0 Å². The number of thiazole rings is 1. The van der Waals surface area contributed by atoms with E-state index in [4.69, 9.17) is 17.3 Å². The maximum atomic E-state index is 11.5. The van der Waals surface area contributed by atoms with E-state index in [9.17, 15) is 4.79 Å². The highest BCUT2D eigenvalue weighted by molar-refractivity contribution is 7.17. The summed E-state index contributed by atoms with van der Waals surface area (Å²) in [6, 6.07) is 6.76. The van der Waals surface area contributed by atoms with E-state index in [1.54, 1.807) is 28.7 Å². The minimum atomic E-state index is -0.688. The Morgan fingerprint density at radius 2 is 2.13 bits per heavy atom. The zero-order valence-corrected chi connectivity index (χ0v) is 13.1. The average molecular weight is 345 g/mol. The van der Waals surface area contributed by atoms with E-state index in [0.717, 1.165) is 20.6 Å². The Bertz CT molecular complexity index is 1030. The summed E-state index contributed by atoms with van der Waals surface area (Å²) >= 11 is 7.65. The van der Waals surface area contributed by atoms with Crippen LogP contribution in [-0.2, 0) is 0 Å². The molecule has 2 N–H and O–H groups in total. The predicted molar refractivity (Wildman–Crippen MR) is 88.0 cm³/mol. The Hall–Kier alpha value is -2.71. The van der Waals surface area contributed by atoms with Gasteiger partial charge in [-0.3, -0.25) is 4.57 Å². The van der Waals surface area contributed by atoms with Gasteiger partial charge in [-0.1, -0.05) is 29.8 Å². The molecule has 0 aliphatic heterocycles. The van der Waals surface area contributed by atoms with Crippen LogP contribution in [0.25, 0.3) is 27.4 Å². The van der Waals surface area contributed by atoms with Crippen molar-refractivity contribution >= 4 is 39.3 Å². The molecule has 0 aliphatic rings. The first-order chi connectivity index (χ1) is 11.2. The lowest BCUT2D eigenvalue weighted by Crippen LogP contribution is -2.21. The van der Waals surface area contributed by atoms with E-state index >= 15 is 0 Å². The summed E-state index contributed by atoms with van der Waals surface area (Å²) in [7, 11) is 0. The number of primary amides is 1. The second-order valence-corrected chi connectivity index (χ2v) is 5.97. The molecule has 1 aromatic carbocycles. The molecule has 0 saturated heterocycles. The molecule has 3 aromatic heterocycles. The van der Waals surface area contributed by atoms with Crippen LogP contribution >= 0.6 is 22.9 Å². The van der Waals surface area contributed by atoms with Crippen LogP contribution in [0.2, 0.25) is 5.02 Å². The quantitative estimate of drug-likeness (QED) is 0.605. The van der Waals surface area contributed by atoms with E-state index in [-0.39, 0.29) is 0 Å². The van der Waals surface area contributed by atoms with Crippen molar-refractivity contribution in [3.63, 3.8) is 0 Å². The number of aromatic nitrogens is 5. The fourth-order valence-corrected chi connectivity index (χ4v) is 3.35. The first-order valence-corrected chi connectivity index (χ1v) is 7.82. The van der Waals surface area contributed by atoms with Crippen LogP contribution in [0.5, 0.6) is 0 Å². The van der Waals surface area contributed by atoms with Crippen LogP contribution in [0.1, 0.15) is 0 Å². The number of imidazole rings is 1. The third-order valence-corrected chi connectivity index (χ3v) is 4.51. The lowest BCUT2D eigenvalue weighted by atomic mass is 10.1. The minimum absolute atomic E-state index is 0.427. The maximum absolute atomic E-state index is 11.5. The summed E-state index contributed by atoms with van der Waals surface area (Å²) in [5.41, 5.74) is 9.01. The first-order valence-electron chi connectivity index (χ1n) is 6.56. The molecule has 23 heavy (non-hydrogen) atoms. The summed E-state index contributed by atoms with van der Waals surface area (Å²) in [5.74, 6) is 0.536. The number of rotatable bonds is 2. The van der Waals surface area contributed by atoms with Crippen molar-refractivity contribution in [3.05, 3.63) is 47.3 Å². The van der Waals surface area contributed by atoms with Gasteiger partial charge in [-0.25, -0.2) is 14.8 Å². The van der Waals surface area contributed by atoms with E-state index in [1.165, 1.54) is 11.3 Å². The number of carbonyl (C=O) groups excluding carboxylic acids is 1. The molecule has 0 aliphatic carbocycles. The Morgan fingerprint density at radius 1 is 1.30 bits per heavy atom. The summed E-state index contributed by atoms with van der Waals surface area (Å²) in [4.78, 5) is 19.9. The molecule has 0 bridgehead atoms. The predicted octanol–water partition coefficient (Wildman–Crippen LogP) is 2.93. The summed E-state index contributed by atoms with van der Waals surface area (Å²) in [6.07, 6.45) is 3.31. The van der Waals surface area contributed by atoms with Gasteiger partial charge in [0.15, 0.2) is 11.5 Å². The molecule has 0 radical (unpaired) electrons. The monoisotopic (exact) mass is 344 g/mol. The maximum Gasteiger partial charge on any atom is 0.341 e. The number of hydrogen-bond donors (Lipinski definition) is 1. The van der Waals surface area contributed by atoms with E-state index in [2.05, 4.69) is 15.1 Å². The molecule has 0 fully saturated rings. The number of amides is 1. The van der Waals surface area contributed by atoms with E-state index in [1.807, 2.05) is 18.2 Å². The van der Waals surface area contributed by atoms with Crippen molar-refractivity contribution in [3.8, 4) is 17.1 Å². The standard InChI is InChI=1S/C14H9ClN6OS/c15-9-4-2-1-3-8(9)10-5-17-6-20(10)13-11-12(18-7-23-11)21(19-13)14(16)22/h1-7H,(H2,16,22). The van der Waals surface area contributed by atoms with Crippen molar-refractivity contribution in [1.82, 2.24) is 24.3 Å². The molecule has 4 aromatic rings. The van der Waals surface area contributed by atoms with Crippen LogP contribution < -0.4 is 5.73 Å². The normalized spacial score (nSPS) is 11.2. The molecule has 3 heterocycles. The van der Waals surface area contributed by atoms with E-state index < -0.39 is 6.03 Å². The van der Waals surface area contributed by atoms with Gasteiger partial charge in [0.1, 0.15) is 11.0 Å². The SMILES string of the molecule is NC(=O)n1nc(-n2cncc2-c2ccccc2Cl)c2scnc21. The molecule has 9 heteroatoms. The molecular weight excluding hydrogens is 336 g/mol. The zero-order valence-electron chi connectivity index (χ0n) is 11.5. The fourth-order valence-electron chi connectivity index (χ4n) is 2.37. The molecule has 0 unspecified atom stereocenters. The molecule has 114 valence electrons. The van der Waals surface area contributed by atoms with Crippen molar-refractivity contribution < 1.29 is 4.79 Å². The van der Waals surface area contributed by atoms with Gasteiger partial charge in [0.2, 0.25) is 0 Å². The van der Waals surface area contributed by atoms with Gasteiger partial charge < -0.3 is 5.73 Å². The average Bonchev–Trinajstić information content (AvgIpc) is 3.22. The molecule has 4 rings (SSSR count). The second kappa shape index (κ2) is 5.18. The minimum Gasteiger partial charge on any atom is -0.350 e. The highest BCUT2D eigenvalue weighted by Gasteiger charge is 2.20. The second-order valence-electron chi connectivity index (χ2n) is 4.71. The first kappa shape index (κ1) is 13.9. The molecule has 1 amide bonds. The third kappa shape index (κ3) is 2.11. The van der Waals surface area contributed by atoms with Gasteiger partial charge >= 0.3 is 6.03 Å². The smallest absolute Gasteiger partial charge is 0.341 e. The van der Waals surface area contributed by atoms with Crippen LogP contribution in [0, 0.1) is 0 Å². The Kier molecular flexibility index (Phi) is 3.14. The van der Waals surface area contributed by atoms with Gasteiger partial charge in [0.05, 0.1) is 17.4 Å². The van der Waals surface area contributed by atoms with Gasteiger partial charge in [0.25, 0.3) is 0 Å². The van der Waals surface area contributed by atoms with Crippen molar-refractivity contribution in [2.45, 2.75) is 0 Å². The van der Waals surface area contributed by atoms with Gasteiger partial charge in [-0.15, -0.1) is 16.4 Å². The number of carbonyl (C=O) groups is 1. The topological polar surface area (TPSA) is 91.6 Å². The summed E-state index contributed by atoms with van der Waals surface area (Å²) < 4.78 is 3.59. The van der Waals surface area contributed by atoms with Gasteiger partial charge in [-0.2, -0.15) is 4.68 Å². The van der Waals surface area contributed by atoms with Crippen LogP contribution in [-0.4, -0.2) is 30.3 Å². The Balaban J connectivity index is 1.97. The summed E-state index contributed by atoms with van der Waals surface area (Å²) in [6.45, 7) is 0. The lowest BCUT2D eigenvalue weighted by molar-refractivity contribution is 0.248. The van der Waals surface area contributed by atoms with Crippen LogP contribution in [0.15, 0.2) is 42.3 Å². The molecule has 0 spiro atoms. The lowest BCUT2D eigenvalue weighted by Gasteiger charge is -2.07. The van der Waals surface area contributed by atoms with Crippen molar-refractivity contribution in [2.75, 3.05) is 0 Å². The Labute approximate surface area is 139 Å². The number of benzene rings is 1. The number of halogens is 1. The third-order valence-electron chi connectivity index (χ3n) is 3.37. The molecule has 0 atom stereocenters. The van der Waals surface area contributed by atoms with Gasteiger partial charge in [-0.05, 0) is 6.07 Å². The molecule has 0 saturated carbocycles. The zero-order chi connectivity index (χ0) is 16.0. The molecule has 7 nitrogen and oxygen atoms in total.